The predicted molar refractivity (Wildman–Crippen MR) is 39.2 cm³/mol. The molecule has 0 nitrogen and oxygen atoms in total. The van der Waals surface area contributed by atoms with Crippen molar-refractivity contribution >= 4 is 0 Å². The molecular formula is C8H17F. The summed E-state index contributed by atoms with van der Waals surface area (Å²) in [6, 6.07) is 0. The van der Waals surface area contributed by atoms with E-state index < -0.39 is 6.17 Å². The molecule has 1 heteroatoms. The molecule has 0 rings (SSSR count). The van der Waals surface area contributed by atoms with Crippen LogP contribution in [0.3, 0.4) is 0 Å². The first-order valence-corrected chi connectivity index (χ1v) is 3.73. The lowest BCUT2D eigenvalue weighted by Gasteiger charge is -2.18. The van der Waals surface area contributed by atoms with E-state index in [1.54, 1.807) is 6.92 Å². The highest BCUT2D eigenvalue weighted by atomic mass is 19.1. The zero-order chi connectivity index (χ0) is 7.44. The average Bonchev–Trinajstić information content (AvgIpc) is 1.84. The van der Waals surface area contributed by atoms with Crippen molar-refractivity contribution in [2.45, 2.75) is 40.3 Å². The van der Waals surface area contributed by atoms with Crippen molar-refractivity contribution in [1.82, 2.24) is 0 Å². The molecule has 0 aliphatic rings. The zero-order valence-electron chi connectivity index (χ0n) is 6.82. The lowest BCUT2D eigenvalue weighted by Crippen LogP contribution is -2.16. The van der Waals surface area contributed by atoms with Gasteiger partial charge in [-0.1, -0.05) is 27.2 Å². The van der Waals surface area contributed by atoms with Crippen LogP contribution in [0.1, 0.15) is 34.1 Å². The molecule has 56 valence electrons. The van der Waals surface area contributed by atoms with Gasteiger partial charge in [0.2, 0.25) is 0 Å². The van der Waals surface area contributed by atoms with Crippen molar-refractivity contribution in [1.29, 1.82) is 0 Å². The minimum atomic E-state index is -0.653. The summed E-state index contributed by atoms with van der Waals surface area (Å²) in [6.07, 6.45) is 0.426. The number of rotatable bonds is 3. The molecule has 0 aromatic heterocycles. The Bertz CT molecular complexity index is 69.0. The van der Waals surface area contributed by atoms with Gasteiger partial charge in [0.1, 0.15) is 6.17 Å². The summed E-state index contributed by atoms with van der Waals surface area (Å²) in [5.41, 5.74) is 0. The molecule has 0 bridgehead atoms. The van der Waals surface area contributed by atoms with E-state index in [0.717, 1.165) is 6.42 Å². The second-order valence-corrected chi connectivity index (χ2v) is 2.92. The topological polar surface area (TPSA) is 0 Å². The Hall–Kier alpha value is -0.0700. The van der Waals surface area contributed by atoms with Crippen molar-refractivity contribution in [3.05, 3.63) is 0 Å². The second kappa shape index (κ2) is 3.86. The average molecular weight is 132 g/mol. The van der Waals surface area contributed by atoms with Gasteiger partial charge in [-0.3, -0.25) is 0 Å². The minimum absolute atomic E-state index is 0.218. The second-order valence-electron chi connectivity index (χ2n) is 2.92. The Morgan fingerprint density at radius 3 is 1.78 bits per heavy atom. The fourth-order valence-electron chi connectivity index (χ4n) is 0.824. The Morgan fingerprint density at radius 2 is 1.67 bits per heavy atom. The lowest BCUT2D eigenvalue weighted by molar-refractivity contribution is 0.202. The molecule has 0 spiro atoms. The van der Waals surface area contributed by atoms with Crippen LogP contribution in [0.4, 0.5) is 4.39 Å². The lowest BCUT2D eigenvalue weighted by atomic mass is 9.90. The molecule has 0 saturated carbocycles. The third kappa shape index (κ3) is 2.83. The third-order valence-electron chi connectivity index (χ3n) is 2.27. The molecule has 3 atom stereocenters. The van der Waals surface area contributed by atoms with Gasteiger partial charge in [0.25, 0.3) is 0 Å². The largest absolute Gasteiger partial charge is 0.247 e. The molecule has 3 unspecified atom stereocenters. The van der Waals surface area contributed by atoms with E-state index >= 15 is 0 Å². The van der Waals surface area contributed by atoms with E-state index in [2.05, 4.69) is 13.8 Å². The normalized spacial score (nSPS) is 21.0. The minimum Gasteiger partial charge on any atom is -0.247 e. The number of hydrogen-bond donors (Lipinski definition) is 0. The first-order valence-electron chi connectivity index (χ1n) is 3.73. The molecule has 9 heavy (non-hydrogen) atoms. The van der Waals surface area contributed by atoms with Crippen molar-refractivity contribution in [3.8, 4) is 0 Å². The molecule has 0 aliphatic heterocycles. The van der Waals surface area contributed by atoms with Gasteiger partial charge in [-0.2, -0.15) is 0 Å². The molecule has 0 aromatic rings. The van der Waals surface area contributed by atoms with Gasteiger partial charge in [0.15, 0.2) is 0 Å². The van der Waals surface area contributed by atoms with Crippen LogP contribution in [0.25, 0.3) is 0 Å². The first-order chi connectivity index (χ1) is 4.09. The summed E-state index contributed by atoms with van der Waals surface area (Å²) in [5.74, 6) is 0.736. The molecule has 0 aliphatic carbocycles. The third-order valence-corrected chi connectivity index (χ3v) is 2.27. The SMILES string of the molecule is CCC(C)C(C)C(C)F. The van der Waals surface area contributed by atoms with Gasteiger partial charge < -0.3 is 0 Å². The highest BCUT2D eigenvalue weighted by Crippen LogP contribution is 2.19. The van der Waals surface area contributed by atoms with Crippen molar-refractivity contribution < 1.29 is 4.39 Å². The Kier molecular flexibility index (Phi) is 3.83. The van der Waals surface area contributed by atoms with Crippen LogP contribution >= 0.6 is 0 Å². The fraction of sp³-hybridized carbons (Fsp3) is 1.00. The molecule has 0 radical (unpaired) electrons. The van der Waals surface area contributed by atoms with Crippen molar-refractivity contribution in [2.24, 2.45) is 11.8 Å². The van der Waals surface area contributed by atoms with E-state index in [1.165, 1.54) is 0 Å². The quantitative estimate of drug-likeness (QED) is 0.553. The van der Waals surface area contributed by atoms with Crippen LogP contribution in [0.5, 0.6) is 0 Å². The maximum Gasteiger partial charge on any atom is 0.100 e. The van der Waals surface area contributed by atoms with Gasteiger partial charge in [-0.15, -0.1) is 0 Å². The molecule has 0 fully saturated rings. The molecule has 0 N–H and O–H groups in total. The summed E-state index contributed by atoms with van der Waals surface area (Å²) >= 11 is 0. The van der Waals surface area contributed by atoms with Gasteiger partial charge in [-0.25, -0.2) is 4.39 Å². The van der Waals surface area contributed by atoms with E-state index in [9.17, 15) is 4.39 Å². The fourth-order valence-corrected chi connectivity index (χ4v) is 0.824. The van der Waals surface area contributed by atoms with Gasteiger partial charge >= 0.3 is 0 Å². The van der Waals surface area contributed by atoms with Crippen LogP contribution < -0.4 is 0 Å². The summed E-state index contributed by atoms with van der Waals surface area (Å²) < 4.78 is 12.5. The van der Waals surface area contributed by atoms with Gasteiger partial charge in [0, 0.05) is 0 Å². The molecule has 0 aromatic carbocycles. The highest BCUT2D eigenvalue weighted by Gasteiger charge is 2.15. The van der Waals surface area contributed by atoms with Crippen LogP contribution in [-0.2, 0) is 0 Å². The number of alkyl halides is 1. The summed E-state index contributed by atoms with van der Waals surface area (Å²) in [7, 11) is 0. The molecule has 0 saturated heterocycles. The Morgan fingerprint density at radius 1 is 1.22 bits per heavy atom. The molecule has 0 amide bonds. The van der Waals surface area contributed by atoms with E-state index in [0.29, 0.717) is 5.92 Å². The smallest absolute Gasteiger partial charge is 0.100 e. The summed E-state index contributed by atoms with van der Waals surface area (Å²) in [6.45, 7) is 7.81. The summed E-state index contributed by atoms with van der Waals surface area (Å²) in [4.78, 5) is 0. The van der Waals surface area contributed by atoms with Gasteiger partial charge in [0.05, 0.1) is 0 Å². The van der Waals surface area contributed by atoms with Gasteiger partial charge in [-0.05, 0) is 18.8 Å². The van der Waals surface area contributed by atoms with Crippen molar-refractivity contribution in [3.63, 3.8) is 0 Å². The molecular weight excluding hydrogens is 115 g/mol. The van der Waals surface area contributed by atoms with E-state index in [1.807, 2.05) is 6.92 Å². The predicted octanol–water partition coefficient (Wildman–Crippen LogP) is 3.03. The number of hydrogen-bond acceptors (Lipinski definition) is 0. The van der Waals surface area contributed by atoms with Crippen LogP contribution in [0.2, 0.25) is 0 Å². The van der Waals surface area contributed by atoms with Crippen LogP contribution in [-0.4, -0.2) is 6.17 Å². The van der Waals surface area contributed by atoms with Crippen LogP contribution in [0, 0.1) is 11.8 Å². The van der Waals surface area contributed by atoms with Crippen molar-refractivity contribution in [2.75, 3.05) is 0 Å². The standard InChI is InChI=1S/C8H17F/c1-5-6(2)7(3)8(4)9/h6-8H,5H2,1-4H3. The Balaban J connectivity index is 3.58. The molecule has 0 heterocycles. The maximum atomic E-state index is 12.5. The summed E-state index contributed by atoms with van der Waals surface area (Å²) in [5, 5.41) is 0. The highest BCUT2D eigenvalue weighted by molar-refractivity contribution is 4.64. The Labute approximate surface area is 57.5 Å². The van der Waals surface area contributed by atoms with Crippen LogP contribution in [0.15, 0.2) is 0 Å². The van der Waals surface area contributed by atoms with E-state index in [-0.39, 0.29) is 5.92 Å². The number of halogens is 1. The van der Waals surface area contributed by atoms with E-state index in [4.69, 9.17) is 0 Å². The monoisotopic (exact) mass is 132 g/mol. The first kappa shape index (κ1) is 8.93. The zero-order valence-corrected chi connectivity index (χ0v) is 6.82. The maximum absolute atomic E-state index is 12.5.